The van der Waals surface area contributed by atoms with Crippen LogP contribution in [0.2, 0.25) is 0 Å². The standard InChI is InChI=1S/C16H18Br2N2/c1-19(2)13-9-5-7-11(17)15(13)16-12(18)8-6-10-14(16)20(3)4/h5-10H,1-4H3. The lowest BCUT2D eigenvalue weighted by atomic mass is 10.0. The summed E-state index contributed by atoms with van der Waals surface area (Å²) in [6, 6.07) is 12.6. The van der Waals surface area contributed by atoms with Crippen LogP contribution in [-0.2, 0) is 0 Å². The zero-order valence-corrected chi connectivity index (χ0v) is 15.3. The molecule has 0 aliphatic heterocycles. The Kier molecular flexibility index (Phi) is 4.76. The van der Waals surface area contributed by atoms with Crippen molar-refractivity contribution in [2.75, 3.05) is 38.0 Å². The fourth-order valence-electron chi connectivity index (χ4n) is 2.27. The third kappa shape index (κ3) is 2.86. The molecule has 0 aliphatic carbocycles. The van der Waals surface area contributed by atoms with Gasteiger partial charge in [0.05, 0.1) is 0 Å². The Balaban J connectivity index is 2.81. The second kappa shape index (κ2) is 6.19. The molecule has 0 atom stereocenters. The van der Waals surface area contributed by atoms with E-state index >= 15 is 0 Å². The van der Waals surface area contributed by atoms with Crippen molar-refractivity contribution in [1.29, 1.82) is 0 Å². The molecule has 0 N–H and O–H groups in total. The predicted octanol–water partition coefficient (Wildman–Crippen LogP) is 5.01. The normalized spacial score (nSPS) is 10.5. The van der Waals surface area contributed by atoms with Crippen molar-refractivity contribution in [2.45, 2.75) is 0 Å². The molecule has 0 aliphatic rings. The van der Waals surface area contributed by atoms with Crippen LogP contribution in [0.5, 0.6) is 0 Å². The number of benzene rings is 2. The van der Waals surface area contributed by atoms with E-state index in [2.05, 4.69) is 106 Å². The van der Waals surface area contributed by atoms with Gasteiger partial charge in [-0.15, -0.1) is 0 Å². The highest BCUT2D eigenvalue weighted by molar-refractivity contribution is 9.11. The number of rotatable bonds is 3. The Morgan fingerprint density at radius 1 is 0.650 bits per heavy atom. The number of hydrogen-bond acceptors (Lipinski definition) is 2. The average molecular weight is 398 g/mol. The Hall–Kier alpha value is -1.00. The van der Waals surface area contributed by atoms with Gasteiger partial charge in [-0.3, -0.25) is 0 Å². The second-order valence-corrected chi connectivity index (χ2v) is 6.77. The highest BCUT2D eigenvalue weighted by Gasteiger charge is 2.18. The lowest BCUT2D eigenvalue weighted by Gasteiger charge is -2.24. The van der Waals surface area contributed by atoms with Crippen molar-refractivity contribution in [2.24, 2.45) is 0 Å². The van der Waals surface area contributed by atoms with Crippen molar-refractivity contribution < 1.29 is 0 Å². The largest absolute Gasteiger partial charge is 0.377 e. The van der Waals surface area contributed by atoms with Gasteiger partial charge in [0, 0.05) is 59.6 Å². The fourth-order valence-corrected chi connectivity index (χ4v) is 3.37. The first kappa shape index (κ1) is 15.4. The monoisotopic (exact) mass is 396 g/mol. The van der Waals surface area contributed by atoms with Gasteiger partial charge < -0.3 is 9.80 Å². The minimum atomic E-state index is 1.10. The summed E-state index contributed by atoms with van der Waals surface area (Å²) >= 11 is 7.41. The first-order valence-electron chi connectivity index (χ1n) is 6.35. The lowest BCUT2D eigenvalue weighted by molar-refractivity contribution is 1.12. The smallest absolute Gasteiger partial charge is 0.0453 e. The van der Waals surface area contributed by atoms with Crippen molar-refractivity contribution in [3.8, 4) is 11.1 Å². The molecule has 4 heteroatoms. The van der Waals surface area contributed by atoms with Crippen LogP contribution in [0.1, 0.15) is 0 Å². The highest BCUT2D eigenvalue weighted by Crippen LogP contribution is 2.44. The minimum Gasteiger partial charge on any atom is -0.377 e. The van der Waals surface area contributed by atoms with E-state index in [9.17, 15) is 0 Å². The topological polar surface area (TPSA) is 6.48 Å². The van der Waals surface area contributed by atoms with Crippen LogP contribution in [0.3, 0.4) is 0 Å². The Morgan fingerprint density at radius 3 is 1.30 bits per heavy atom. The molecule has 0 saturated carbocycles. The van der Waals surface area contributed by atoms with E-state index < -0.39 is 0 Å². The van der Waals surface area contributed by atoms with Gasteiger partial charge in [0.15, 0.2) is 0 Å². The van der Waals surface area contributed by atoms with Crippen molar-refractivity contribution in [3.05, 3.63) is 45.3 Å². The molecule has 2 aromatic rings. The average Bonchev–Trinajstić information content (AvgIpc) is 2.38. The summed E-state index contributed by atoms with van der Waals surface area (Å²) in [4.78, 5) is 4.28. The number of nitrogens with zero attached hydrogens (tertiary/aromatic N) is 2. The molecular weight excluding hydrogens is 380 g/mol. The molecule has 20 heavy (non-hydrogen) atoms. The SMILES string of the molecule is CN(C)c1cccc(Br)c1-c1c(Br)cccc1N(C)C. The molecule has 106 valence electrons. The van der Waals surface area contributed by atoms with E-state index in [0.29, 0.717) is 0 Å². The van der Waals surface area contributed by atoms with Crippen LogP contribution in [0.4, 0.5) is 11.4 Å². The summed E-state index contributed by atoms with van der Waals surface area (Å²) in [5.74, 6) is 0. The summed E-state index contributed by atoms with van der Waals surface area (Å²) in [7, 11) is 8.27. The fraction of sp³-hybridized carbons (Fsp3) is 0.250. The van der Waals surface area contributed by atoms with Gasteiger partial charge >= 0.3 is 0 Å². The number of halogens is 2. The summed E-state index contributed by atoms with van der Waals surface area (Å²) in [5.41, 5.74) is 4.78. The molecule has 0 amide bonds. The molecule has 0 saturated heterocycles. The highest BCUT2D eigenvalue weighted by atomic mass is 79.9. The van der Waals surface area contributed by atoms with Gasteiger partial charge in [-0.05, 0) is 24.3 Å². The molecule has 0 bridgehead atoms. The molecule has 2 nitrogen and oxygen atoms in total. The Bertz CT molecular complexity index is 566. The number of hydrogen-bond donors (Lipinski definition) is 0. The van der Waals surface area contributed by atoms with E-state index in [1.807, 2.05) is 0 Å². The van der Waals surface area contributed by atoms with Crippen molar-refractivity contribution in [1.82, 2.24) is 0 Å². The predicted molar refractivity (Wildman–Crippen MR) is 95.9 cm³/mol. The first-order valence-corrected chi connectivity index (χ1v) is 7.94. The Morgan fingerprint density at radius 2 is 1.00 bits per heavy atom. The zero-order chi connectivity index (χ0) is 14.9. The molecule has 0 spiro atoms. The number of anilines is 2. The van der Waals surface area contributed by atoms with Crippen LogP contribution in [0.15, 0.2) is 45.3 Å². The second-order valence-electron chi connectivity index (χ2n) is 5.06. The summed E-state index contributed by atoms with van der Waals surface area (Å²) in [5, 5.41) is 0. The van der Waals surface area contributed by atoms with E-state index in [1.165, 1.54) is 22.5 Å². The van der Waals surface area contributed by atoms with Gasteiger partial charge in [-0.2, -0.15) is 0 Å². The van der Waals surface area contributed by atoms with Crippen molar-refractivity contribution >= 4 is 43.2 Å². The van der Waals surface area contributed by atoms with Crippen LogP contribution in [0.25, 0.3) is 11.1 Å². The van der Waals surface area contributed by atoms with E-state index in [-0.39, 0.29) is 0 Å². The van der Waals surface area contributed by atoms with Gasteiger partial charge in [-0.25, -0.2) is 0 Å². The van der Waals surface area contributed by atoms with Crippen LogP contribution in [-0.4, -0.2) is 28.2 Å². The maximum Gasteiger partial charge on any atom is 0.0453 e. The van der Waals surface area contributed by atoms with Crippen LogP contribution in [0, 0.1) is 0 Å². The first-order chi connectivity index (χ1) is 9.43. The van der Waals surface area contributed by atoms with Crippen LogP contribution >= 0.6 is 31.9 Å². The quantitative estimate of drug-likeness (QED) is 0.718. The molecule has 2 aromatic carbocycles. The molecule has 0 aromatic heterocycles. The molecule has 0 radical (unpaired) electrons. The molecule has 0 unspecified atom stereocenters. The summed E-state index contributed by atoms with van der Waals surface area (Å²) < 4.78 is 2.19. The van der Waals surface area contributed by atoms with Gasteiger partial charge in [-0.1, -0.05) is 44.0 Å². The summed E-state index contributed by atoms with van der Waals surface area (Å²) in [6.07, 6.45) is 0. The van der Waals surface area contributed by atoms with Crippen LogP contribution < -0.4 is 9.80 Å². The van der Waals surface area contributed by atoms with E-state index in [0.717, 1.165) is 8.95 Å². The van der Waals surface area contributed by atoms with E-state index in [4.69, 9.17) is 0 Å². The molecular formula is C16H18Br2N2. The molecule has 0 fully saturated rings. The van der Waals surface area contributed by atoms with Gasteiger partial charge in [0.25, 0.3) is 0 Å². The maximum absolute atomic E-state index is 3.70. The van der Waals surface area contributed by atoms with E-state index in [1.54, 1.807) is 0 Å². The maximum atomic E-state index is 3.70. The molecule has 2 rings (SSSR count). The van der Waals surface area contributed by atoms with Gasteiger partial charge in [0.1, 0.15) is 0 Å². The minimum absolute atomic E-state index is 1.10. The third-order valence-electron chi connectivity index (χ3n) is 3.20. The van der Waals surface area contributed by atoms with Gasteiger partial charge in [0.2, 0.25) is 0 Å². The van der Waals surface area contributed by atoms with Crippen molar-refractivity contribution in [3.63, 3.8) is 0 Å². The third-order valence-corrected chi connectivity index (χ3v) is 4.52. The molecule has 0 heterocycles. The summed E-state index contributed by atoms with van der Waals surface area (Å²) in [6.45, 7) is 0. The zero-order valence-electron chi connectivity index (χ0n) is 12.1. The lowest BCUT2D eigenvalue weighted by Crippen LogP contribution is -2.13. The Labute approximate surface area is 137 Å².